The molecule has 0 spiro atoms. The highest BCUT2D eigenvalue weighted by atomic mass is 14.2. The Hall–Kier alpha value is -2.07. The standard InChI is InChI=1S/C15H13N/c1-2-12-6-8-14(9-7-12)15-5-3-4-13(10-15)11-16/h3-10H,2H2,1H3. The van der Waals surface area contributed by atoms with Crippen molar-refractivity contribution < 1.29 is 0 Å². The van der Waals surface area contributed by atoms with Crippen LogP contribution in [0.15, 0.2) is 48.5 Å². The number of hydrogen-bond acceptors (Lipinski definition) is 1. The number of benzene rings is 2. The van der Waals surface area contributed by atoms with Gasteiger partial charge in [-0.1, -0.05) is 43.3 Å². The molecule has 0 radical (unpaired) electrons. The molecule has 0 bridgehead atoms. The number of aryl methyl sites for hydroxylation is 1. The second-order valence-corrected chi connectivity index (χ2v) is 3.74. The summed E-state index contributed by atoms with van der Waals surface area (Å²) in [4.78, 5) is 0. The first-order valence-electron chi connectivity index (χ1n) is 5.43. The lowest BCUT2D eigenvalue weighted by Crippen LogP contribution is -1.82. The van der Waals surface area contributed by atoms with Gasteiger partial charge in [-0.2, -0.15) is 5.26 Å². The Kier molecular flexibility index (Phi) is 3.03. The van der Waals surface area contributed by atoms with Gasteiger partial charge in [-0.3, -0.25) is 0 Å². The minimum absolute atomic E-state index is 0.706. The molecule has 0 N–H and O–H groups in total. The van der Waals surface area contributed by atoms with Crippen molar-refractivity contribution in [2.24, 2.45) is 0 Å². The van der Waals surface area contributed by atoms with Crippen molar-refractivity contribution >= 4 is 0 Å². The van der Waals surface area contributed by atoms with Crippen molar-refractivity contribution in [2.45, 2.75) is 13.3 Å². The van der Waals surface area contributed by atoms with Crippen molar-refractivity contribution in [3.8, 4) is 17.2 Å². The third-order valence-corrected chi connectivity index (χ3v) is 2.69. The molecule has 0 saturated carbocycles. The fourth-order valence-corrected chi connectivity index (χ4v) is 1.70. The Morgan fingerprint density at radius 2 is 1.75 bits per heavy atom. The van der Waals surface area contributed by atoms with Crippen LogP contribution in [0.2, 0.25) is 0 Å². The topological polar surface area (TPSA) is 23.8 Å². The van der Waals surface area contributed by atoms with E-state index in [9.17, 15) is 0 Å². The Balaban J connectivity index is 2.39. The van der Waals surface area contributed by atoms with Gasteiger partial charge in [0.25, 0.3) is 0 Å². The van der Waals surface area contributed by atoms with Crippen molar-refractivity contribution in [1.29, 1.82) is 5.26 Å². The summed E-state index contributed by atoms with van der Waals surface area (Å²) in [6.07, 6.45) is 1.05. The Bertz CT molecular complexity index is 518. The van der Waals surface area contributed by atoms with E-state index < -0.39 is 0 Å². The van der Waals surface area contributed by atoms with Crippen LogP contribution in [0.5, 0.6) is 0 Å². The van der Waals surface area contributed by atoms with Crippen LogP contribution in [-0.2, 0) is 6.42 Å². The molecule has 0 unspecified atom stereocenters. The molecule has 0 atom stereocenters. The lowest BCUT2D eigenvalue weighted by atomic mass is 10.0. The normalized spacial score (nSPS) is 9.75. The summed E-state index contributed by atoms with van der Waals surface area (Å²) in [6, 6.07) is 18.3. The van der Waals surface area contributed by atoms with Crippen LogP contribution >= 0.6 is 0 Å². The van der Waals surface area contributed by atoms with Crippen molar-refractivity contribution in [3.63, 3.8) is 0 Å². The van der Waals surface area contributed by atoms with Crippen LogP contribution in [0.3, 0.4) is 0 Å². The molecule has 2 aromatic carbocycles. The first kappa shape index (κ1) is 10.4. The van der Waals surface area contributed by atoms with Crippen molar-refractivity contribution in [3.05, 3.63) is 59.7 Å². The molecular weight excluding hydrogens is 194 g/mol. The van der Waals surface area contributed by atoms with Gasteiger partial charge < -0.3 is 0 Å². The fraction of sp³-hybridized carbons (Fsp3) is 0.133. The fourth-order valence-electron chi connectivity index (χ4n) is 1.70. The van der Waals surface area contributed by atoms with Crippen LogP contribution < -0.4 is 0 Å². The first-order valence-corrected chi connectivity index (χ1v) is 5.43. The Morgan fingerprint density at radius 1 is 1.00 bits per heavy atom. The minimum Gasteiger partial charge on any atom is -0.192 e. The molecule has 1 heteroatoms. The summed E-state index contributed by atoms with van der Waals surface area (Å²) >= 11 is 0. The molecule has 1 nitrogen and oxygen atoms in total. The molecule has 0 saturated heterocycles. The zero-order valence-electron chi connectivity index (χ0n) is 9.27. The van der Waals surface area contributed by atoms with Gasteiger partial charge >= 0.3 is 0 Å². The molecule has 0 aromatic heterocycles. The molecule has 0 aliphatic heterocycles. The molecule has 0 aliphatic carbocycles. The summed E-state index contributed by atoms with van der Waals surface area (Å²) in [7, 11) is 0. The van der Waals surface area contributed by atoms with Crippen molar-refractivity contribution in [2.75, 3.05) is 0 Å². The SMILES string of the molecule is CCc1ccc(-c2cccc(C#N)c2)cc1. The van der Waals surface area contributed by atoms with Crippen LogP contribution in [-0.4, -0.2) is 0 Å². The van der Waals surface area contributed by atoms with Gasteiger partial charge in [-0.25, -0.2) is 0 Å². The predicted octanol–water partition coefficient (Wildman–Crippen LogP) is 3.79. The molecule has 2 rings (SSSR count). The van der Waals surface area contributed by atoms with E-state index >= 15 is 0 Å². The highest BCUT2D eigenvalue weighted by molar-refractivity contribution is 5.65. The van der Waals surface area contributed by atoms with Crippen LogP contribution in [0.4, 0.5) is 0 Å². The quantitative estimate of drug-likeness (QED) is 0.735. The minimum atomic E-state index is 0.706. The van der Waals surface area contributed by atoms with Crippen LogP contribution in [0.1, 0.15) is 18.1 Å². The summed E-state index contributed by atoms with van der Waals surface area (Å²) in [6.45, 7) is 2.14. The summed E-state index contributed by atoms with van der Waals surface area (Å²) in [5.74, 6) is 0. The monoisotopic (exact) mass is 207 g/mol. The smallest absolute Gasteiger partial charge is 0.0991 e. The molecule has 0 fully saturated rings. The van der Waals surface area contributed by atoms with E-state index in [0.29, 0.717) is 5.56 Å². The lowest BCUT2D eigenvalue weighted by molar-refractivity contribution is 1.14. The van der Waals surface area contributed by atoms with Gasteiger partial charge in [0.2, 0.25) is 0 Å². The molecule has 0 heterocycles. The molecule has 0 aliphatic rings. The zero-order valence-corrected chi connectivity index (χ0v) is 9.27. The van der Waals surface area contributed by atoms with Gasteiger partial charge in [0.1, 0.15) is 0 Å². The van der Waals surface area contributed by atoms with Gasteiger partial charge in [-0.05, 0) is 35.2 Å². The average Bonchev–Trinajstić information content (AvgIpc) is 2.39. The van der Waals surface area contributed by atoms with Gasteiger partial charge in [-0.15, -0.1) is 0 Å². The predicted molar refractivity (Wildman–Crippen MR) is 66.0 cm³/mol. The van der Waals surface area contributed by atoms with Crippen molar-refractivity contribution in [1.82, 2.24) is 0 Å². The molecule has 16 heavy (non-hydrogen) atoms. The maximum atomic E-state index is 8.84. The maximum absolute atomic E-state index is 8.84. The van der Waals surface area contributed by atoms with E-state index in [-0.39, 0.29) is 0 Å². The molecule has 2 aromatic rings. The number of rotatable bonds is 2. The van der Waals surface area contributed by atoms with E-state index in [4.69, 9.17) is 5.26 Å². The van der Waals surface area contributed by atoms with E-state index in [0.717, 1.165) is 17.5 Å². The zero-order chi connectivity index (χ0) is 11.4. The van der Waals surface area contributed by atoms with E-state index in [1.54, 1.807) is 0 Å². The lowest BCUT2D eigenvalue weighted by Gasteiger charge is -2.03. The highest BCUT2D eigenvalue weighted by Gasteiger charge is 1.98. The Labute approximate surface area is 96.0 Å². The van der Waals surface area contributed by atoms with E-state index in [1.807, 2.05) is 24.3 Å². The van der Waals surface area contributed by atoms with Crippen LogP contribution in [0, 0.1) is 11.3 Å². The first-order chi connectivity index (χ1) is 7.83. The van der Waals surface area contributed by atoms with Gasteiger partial charge in [0.05, 0.1) is 11.6 Å². The molecule has 0 amide bonds. The third-order valence-electron chi connectivity index (χ3n) is 2.69. The summed E-state index contributed by atoms with van der Waals surface area (Å²) in [5, 5.41) is 8.84. The van der Waals surface area contributed by atoms with Gasteiger partial charge in [0.15, 0.2) is 0 Å². The number of hydrogen-bond donors (Lipinski definition) is 0. The largest absolute Gasteiger partial charge is 0.192 e. The summed E-state index contributed by atoms with van der Waals surface area (Å²) in [5.41, 5.74) is 4.30. The highest BCUT2D eigenvalue weighted by Crippen LogP contribution is 2.20. The number of nitrogens with zero attached hydrogens (tertiary/aromatic N) is 1. The number of nitriles is 1. The maximum Gasteiger partial charge on any atom is 0.0991 e. The van der Waals surface area contributed by atoms with Crippen LogP contribution in [0.25, 0.3) is 11.1 Å². The third kappa shape index (κ3) is 2.12. The van der Waals surface area contributed by atoms with Gasteiger partial charge in [0, 0.05) is 0 Å². The molecule has 78 valence electrons. The second kappa shape index (κ2) is 4.63. The molecular formula is C15H13N. The average molecular weight is 207 g/mol. The second-order valence-electron chi connectivity index (χ2n) is 3.74. The van der Waals surface area contributed by atoms with E-state index in [2.05, 4.69) is 37.3 Å². The van der Waals surface area contributed by atoms with E-state index in [1.165, 1.54) is 5.56 Å². The summed E-state index contributed by atoms with van der Waals surface area (Å²) < 4.78 is 0. The Morgan fingerprint density at radius 3 is 2.38 bits per heavy atom.